The van der Waals surface area contributed by atoms with Gasteiger partial charge in [0.2, 0.25) is 5.91 Å². The number of sulfonamides is 1. The van der Waals surface area contributed by atoms with Crippen LogP contribution in [0.25, 0.3) is 0 Å². The molecular weight excluding hydrogens is 276 g/mol. The lowest BCUT2D eigenvalue weighted by Crippen LogP contribution is -2.59. The molecule has 0 bridgehead atoms. The Labute approximate surface area is 108 Å². The number of nitrogens with one attached hydrogen (secondary N) is 1. The molecule has 1 aromatic heterocycles. The van der Waals surface area contributed by atoms with Gasteiger partial charge in [0.05, 0.1) is 12.9 Å². The monoisotopic (exact) mass is 288 g/mol. The van der Waals surface area contributed by atoms with Gasteiger partial charge in [0.25, 0.3) is 10.0 Å². The predicted octanol–water partition coefficient (Wildman–Crippen LogP) is -2.01. The van der Waals surface area contributed by atoms with Crippen molar-refractivity contribution in [3.8, 4) is 0 Å². The molecule has 104 valence electrons. The summed E-state index contributed by atoms with van der Waals surface area (Å²) in [4.78, 5) is 26.1. The highest BCUT2D eigenvalue weighted by Gasteiger charge is 2.41. The molecule has 0 spiro atoms. The number of piperazine rings is 1. The number of carboxylic acid groups (broad SMARTS) is 1. The Kier molecular flexibility index (Phi) is 3.28. The fourth-order valence-corrected chi connectivity index (χ4v) is 3.23. The van der Waals surface area contributed by atoms with Gasteiger partial charge in [-0.2, -0.15) is 4.31 Å². The molecule has 1 atom stereocenters. The van der Waals surface area contributed by atoms with Gasteiger partial charge in [-0.15, -0.1) is 0 Å². The molecule has 10 heteroatoms. The van der Waals surface area contributed by atoms with Gasteiger partial charge in [0.15, 0.2) is 5.03 Å². The number of rotatable bonds is 3. The van der Waals surface area contributed by atoms with Crippen LogP contribution in [0.3, 0.4) is 0 Å². The average Bonchev–Trinajstić information content (AvgIpc) is 2.76. The summed E-state index contributed by atoms with van der Waals surface area (Å²) in [5.41, 5.74) is 0. The Morgan fingerprint density at radius 1 is 1.58 bits per heavy atom. The summed E-state index contributed by atoms with van der Waals surface area (Å²) in [6, 6.07) is -1.33. The van der Waals surface area contributed by atoms with E-state index in [1.54, 1.807) is 7.05 Å². The maximum atomic E-state index is 12.3. The highest BCUT2D eigenvalue weighted by Crippen LogP contribution is 2.18. The number of hydrogen-bond acceptors (Lipinski definition) is 5. The number of carbonyl (C=O) groups excluding carboxylic acids is 1. The van der Waals surface area contributed by atoms with E-state index in [1.807, 2.05) is 0 Å². The summed E-state index contributed by atoms with van der Waals surface area (Å²) in [6.07, 6.45) is 2.54. The molecule has 1 aliphatic heterocycles. The van der Waals surface area contributed by atoms with Gasteiger partial charge in [0.1, 0.15) is 6.04 Å². The second kappa shape index (κ2) is 4.63. The summed E-state index contributed by atoms with van der Waals surface area (Å²) in [5, 5.41) is 11.1. The molecule has 1 aromatic rings. The van der Waals surface area contributed by atoms with Crippen LogP contribution in [0.2, 0.25) is 0 Å². The van der Waals surface area contributed by atoms with E-state index in [9.17, 15) is 18.0 Å². The Hall–Kier alpha value is -1.94. The van der Waals surface area contributed by atoms with Crippen molar-refractivity contribution < 1.29 is 23.1 Å². The van der Waals surface area contributed by atoms with E-state index in [0.29, 0.717) is 4.31 Å². The first-order valence-corrected chi connectivity index (χ1v) is 6.75. The van der Waals surface area contributed by atoms with Gasteiger partial charge in [-0.1, -0.05) is 0 Å². The van der Waals surface area contributed by atoms with E-state index >= 15 is 0 Å². The van der Waals surface area contributed by atoms with Crippen LogP contribution in [0.5, 0.6) is 0 Å². The van der Waals surface area contributed by atoms with Crippen molar-refractivity contribution in [3.63, 3.8) is 0 Å². The zero-order valence-electron chi connectivity index (χ0n) is 9.98. The molecule has 2 N–H and O–H groups in total. The highest BCUT2D eigenvalue weighted by molar-refractivity contribution is 7.89. The van der Waals surface area contributed by atoms with E-state index in [0.717, 1.165) is 0 Å². The summed E-state index contributed by atoms with van der Waals surface area (Å²) in [7, 11) is -2.52. The summed E-state index contributed by atoms with van der Waals surface area (Å²) >= 11 is 0. The third-order valence-electron chi connectivity index (χ3n) is 2.68. The van der Waals surface area contributed by atoms with Crippen molar-refractivity contribution in [3.05, 3.63) is 12.5 Å². The van der Waals surface area contributed by atoms with Crippen LogP contribution >= 0.6 is 0 Å². The van der Waals surface area contributed by atoms with Crippen LogP contribution in [0.1, 0.15) is 0 Å². The van der Waals surface area contributed by atoms with Crippen LogP contribution in [0.15, 0.2) is 17.6 Å². The number of imidazole rings is 1. The van der Waals surface area contributed by atoms with Crippen LogP contribution < -0.4 is 5.32 Å². The maximum absolute atomic E-state index is 12.3. The third kappa shape index (κ3) is 2.44. The molecule has 1 unspecified atom stereocenters. The zero-order chi connectivity index (χ0) is 14.2. The minimum absolute atomic E-state index is 0.264. The van der Waals surface area contributed by atoms with Crippen molar-refractivity contribution in [2.45, 2.75) is 11.1 Å². The molecule has 1 saturated heterocycles. The van der Waals surface area contributed by atoms with Gasteiger partial charge in [-0.25, -0.2) is 13.4 Å². The number of nitrogens with zero attached hydrogens (tertiary/aromatic N) is 3. The third-order valence-corrected chi connectivity index (χ3v) is 4.42. The second-order valence-electron chi connectivity index (χ2n) is 4.09. The van der Waals surface area contributed by atoms with Crippen LogP contribution in [-0.2, 0) is 26.7 Å². The number of aliphatic carboxylic acids is 1. The average molecular weight is 288 g/mol. The minimum atomic E-state index is -4.11. The summed E-state index contributed by atoms with van der Waals surface area (Å²) in [6.45, 7) is -0.796. The van der Waals surface area contributed by atoms with Crippen LogP contribution in [0.4, 0.5) is 0 Å². The molecule has 0 aromatic carbocycles. The Morgan fingerprint density at radius 2 is 2.26 bits per heavy atom. The van der Waals surface area contributed by atoms with Crippen molar-refractivity contribution in [2.24, 2.45) is 7.05 Å². The number of hydrogen-bond donors (Lipinski definition) is 2. The molecule has 0 aliphatic carbocycles. The van der Waals surface area contributed by atoms with Gasteiger partial charge in [-0.05, 0) is 0 Å². The van der Waals surface area contributed by atoms with Crippen LogP contribution in [0, 0.1) is 0 Å². The van der Waals surface area contributed by atoms with Crippen molar-refractivity contribution >= 4 is 21.9 Å². The lowest BCUT2D eigenvalue weighted by Gasteiger charge is -2.30. The fraction of sp³-hybridized carbons (Fsp3) is 0.444. The number of aryl methyl sites for hydroxylation is 1. The van der Waals surface area contributed by atoms with E-state index < -0.39 is 34.5 Å². The normalized spacial score (nSPS) is 21.1. The van der Waals surface area contributed by atoms with Gasteiger partial charge >= 0.3 is 5.97 Å². The standard InChI is InChI=1S/C9H12N4O5S/c1-12-4-8(11-5-12)19(17,18)13-3-7(14)10-2-6(13)9(15)16/h4-6H,2-3H2,1H3,(H,10,14)(H,15,16). The lowest BCUT2D eigenvalue weighted by molar-refractivity contribution is -0.143. The number of aromatic nitrogens is 2. The van der Waals surface area contributed by atoms with Crippen molar-refractivity contribution in [1.82, 2.24) is 19.2 Å². The molecule has 19 heavy (non-hydrogen) atoms. The molecule has 1 aliphatic rings. The first-order chi connectivity index (χ1) is 8.82. The Morgan fingerprint density at radius 3 is 2.79 bits per heavy atom. The SMILES string of the molecule is Cn1cnc(S(=O)(=O)N2CC(=O)NCC2C(=O)O)c1. The van der Waals surface area contributed by atoms with E-state index in [1.165, 1.54) is 17.1 Å². The van der Waals surface area contributed by atoms with Crippen molar-refractivity contribution in [1.29, 1.82) is 0 Å². The molecule has 0 radical (unpaired) electrons. The number of amides is 1. The summed E-state index contributed by atoms with van der Waals surface area (Å²) in [5.74, 6) is -1.86. The smallest absolute Gasteiger partial charge is 0.323 e. The van der Waals surface area contributed by atoms with Gasteiger partial charge < -0.3 is 15.0 Å². The topological polar surface area (TPSA) is 122 Å². The van der Waals surface area contributed by atoms with E-state index in [-0.39, 0.29) is 11.6 Å². The largest absolute Gasteiger partial charge is 0.480 e. The van der Waals surface area contributed by atoms with Crippen LogP contribution in [-0.4, -0.2) is 58.4 Å². The molecule has 0 saturated carbocycles. The highest BCUT2D eigenvalue weighted by atomic mass is 32.2. The fourth-order valence-electron chi connectivity index (χ4n) is 1.73. The number of carboxylic acids is 1. The van der Waals surface area contributed by atoms with E-state index in [2.05, 4.69) is 10.3 Å². The molecule has 1 fully saturated rings. The van der Waals surface area contributed by atoms with Gasteiger partial charge in [-0.3, -0.25) is 9.59 Å². The molecule has 2 rings (SSSR count). The molecule has 2 heterocycles. The minimum Gasteiger partial charge on any atom is -0.480 e. The lowest BCUT2D eigenvalue weighted by atomic mass is 10.2. The molecular formula is C9H12N4O5S. The van der Waals surface area contributed by atoms with Gasteiger partial charge in [0, 0.05) is 19.8 Å². The first kappa shape index (κ1) is 13.5. The second-order valence-corrected chi connectivity index (χ2v) is 5.92. The zero-order valence-corrected chi connectivity index (χ0v) is 10.8. The number of carbonyl (C=O) groups is 2. The van der Waals surface area contributed by atoms with E-state index in [4.69, 9.17) is 5.11 Å². The summed E-state index contributed by atoms with van der Waals surface area (Å²) < 4.78 is 26.6. The molecule has 1 amide bonds. The Balaban J connectivity index is 2.41. The molecule has 9 nitrogen and oxygen atoms in total. The quantitative estimate of drug-likeness (QED) is 0.663. The first-order valence-electron chi connectivity index (χ1n) is 5.31. The van der Waals surface area contributed by atoms with Crippen molar-refractivity contribution in [2.75, 3.05) is 13.1 Å². The maximum Gasteiger partial charge on any atom is 0.323 e. The Bertz CT molecular complexity index is 622. The predicted molar refractivity (Wildman–Crippen MR) is 61.5 cm³/mol.